The molecule has 3 rings (SSSR count). The molecule has 0 amide bonds. The summed E-state index contributed by atoms with van der Waals surface area (Å²) in [7, 11) is 2.06. The molecule has 1 saturated heterocycles. The third kappa shape index (κ3) is 4.11. The summed E-state index contributed by atoms with van der Waals surface area (Å²) in [5.74, 6) is 0. The molecule has 0 bridgehead atoms. The maximum absolute atomic E-state index is 11.0. The molecule has 1 atom stereocenters. The van der Waals surface area contributed by atoms with Gasteiger partial charge in [0.05, 0.1) is 0 Å². The number of hydrogen-bond donors (Lipinski definition) is 2. The van der Waals surface area contributed by atoms with Crippen molar-refractivity contribution < 1.29 is 5.21 Å². The zero-order chi connectivity index (χ0) is 16.4. The molecule has 0 aromatic carbocycles. The Balaban J connectivity index is 1.51. The SMILES string of the molecule is CN1C(=S)N(C2CCCCC2)SC1NC1CCC(N([O-])O)CC1. The molecular weight excluding hydrogens is 332 g/mol. The Hall–Kier alpha value is -0.120. The Labute approximate surface area is 148 Å². The van der Waals surface area contributed by atoms with Crippen molar-refractivity contribution in [2.75, 3.05) is 7.05 Å². The molecule has 1 heterocycles. The molecule has 23 heavy (non-hydrogen) atoms. The van der Waals surface area contributed by atoms with Crippen LogP contribution in [0.15, 0.2) is 0 Å². The molecule has 3 fully saturated rings. The summed E-state index contributed by atoms with van der Waals surface area (Å²) < 4.78 is 2.34. The van der Waals surface area contributed by atoms with Crippen LogP contribution in [0.1, 0.15) is 57.8 Å². The van der Waals surface area contributed by atoms with Crippen molar-refractivity contribution in [2.45, 2.75) is 81.4 Å². The second-order valence-corrected chi connectivity index (χ2v) is 8.36. The van der Waals surface area contributed by atoms with Gasteiger partial charge in [-0.05, 0) is 62.7 Å². The van der Waals surface area contributed by atoms with E-state index in [-0.39, 0.29) is 16.8 Å². The zero-order valence-electron chi connectivity index (χ0n) is 13.7. The van der Waals surface area contributed by atoms with Crippen molar-refractivity contribution in [1.82, 2.24) is 19.7 Å². The Morgan fingerprint density at radius 3 is 2.43 bits per heavy atom. The van der Waals surface area contributed by atoms with Crippen LogP contribution in [-0.2, 0) is 0 Å². The number of hydrogen-bond acceptors (Lipinski definition) is 6. The first-order valence-electron chi connectivity index (χ1n) is 8.70. The first kappa shape index (κ1) is 17.7. The number of nitrogens with zero attached hydrogens (tertiary/aromatic N) is 3. The molecule has 0 spiro atoms. The molecule has 8 heteroatoms. The topological polar surface area (TPSA) is 65.0 Å². The van der Waals surface area contributed by atoms with Crippen LogP contribution in [0.5, 0.6) is 0 Å². The van der Waals surface area contributed by atoms with Gasteiger partial charge >= 0.3 is 0 Å². The minimum absolute atomic E-state index is 0.132. The van der Waals surface area contributed by atoms with Crippen LogP contribution in [0.2, 0.25) is 0 Å². The third-order valence-electron chi connectivity index (χ3n) is 5.35. The molecule has 0 radical (unpaired) electrons. The lowest BCUT2D eigenvalue weighted by molar-refractivity contribution is -0.0902. The summed E-state index contributed by atoms with van der Waals surface area (Å²) in [6.07, 6.45) is 9.79. The van der Waals surface area contributed by atoms with E-state index in [4.69, 9.17) is 17.4 Å². The van der Waals surface area contributed by atoms with E-state index in [2.05, 4.69) is 21.6 Å². The van der Waals surface area contributed by atoms with Gasteiger partial charge in [0.15, 0.2) is 5.11 Å². The standard InChI is InChI=1S/C15H27N4O2S2/c1-17-14(16-11-7-9-13(10-8-11)19(20)21)23-18(15(17)22)12-5-3-2-4-6-12/h11-14,16,20H,2-10H2,1H3/q-1. The predicted octanol–water partition coefficient (Wildman–Crippen LogP) is 2.87. The Bertz CT molecular complexity index is 412. The Morgan fingerprint density at radius 1 is 1.17 bits per heavy atom. The lowest BCUT2D eigenvalue weighted by Crippen LogP contribution is -2.47. The molecule has 1 aliphatic heterocycles. The maximum Gasteiger partial charge on any atom is 0.183 e. The summed E-state index contributed by atoms with van der Waals surface area (Å²) >= 11 is 7.47. The van der Waals surface area contributed by atoms with Gasteiger partial charge in [-0.2, -0.15) is 0 Å². The van der Waals surface area contributed by atoms with Crippen LogP contribution in [0.3, 0.4) is 0 Å². The van der Waals surface area contributed by atoms with Crippen LogP contribution in [-0.4, -0.2) is 55.4 Å². The van der Waals surface area contributed by atoms with Gasteiger partial charge in [-0.3, -0.25) is 14.8 Å². The van der Waals surface area contributed by atoms with Crippen LogP contribution >= 0.6 is 24.2 Å². The van der Waals surface area contributed by atoms with E-state index in [0.29, 0.717) is 12.1 Å². The number of rotatable bonds is 4. The Morgan fingerprint density at radius 2 is 1.83 bits per heavy atom. The van der Waals surface area contributed by atoms with Gasteiger partial charge in [0, 0.05) is 25.2 Å². The molecule has 2 aliphatic carbocycles. The second-order valence-electron chi connectivity index (χ2n) is 6.94. The second kappa shape index (κ2) is 7.84. The van der Waals surface area contributed by atoms with Crippen molar-refractivity contribution in [1.29, 1.82) is 0 Å². The Kier molecular flexibility index (Phi) is 6.03. The maximum atomic E-state index is 11.0. The van der Waals surface area contributed by atoms with Gasteiger partial charge in [-0.1, -0.05) is 19.3 Å². The summed E-state index contributed by atoms with van der Waals surface area (Å²) in [5, 5.41) is 24.8. The van der Waals surface area contributed by atoms with Crippen molar-refractivity contribution in [3.05, 3.63) is 5.21 Å². The van der Waals surface area contributed by atoms with E-state index >= 15 is 0 Å². The molecule has 2 N–H and O–H groups in total. The van der Waals surface area contributed by atoms with Crippen molar-refractivity contribution in [3.63, 3.8) is 0 Å². The molecule has 1 unspecified atom stereocenters. The highest BCUT2D eigenvalue weighted by Gasteiger charge is 2.38. The monoisotopic (exact) mass is 359 g/mol. The fourth-order valence-electron chi connectivity index (χ4n) is 3.84. The third-order valence-corrected chi connectivity index (χ3v) is 7.30. The lowest BCUT2D eigenvalue weighted by atomic mass is 9.91. The molecule has 2 saturated carbocycles. The van der Waals surface area contributed by atoms with E-state index in [1.165, 1.54) is 32.1 Å². The van der Waals surface area contributed by atoms with E-state index in [1.807, 2.05) is 11.9 Å². The van der Waals surface area contributed by atoms with Crippen molar-refractivity contribution in [3.8, 4) is 0 Å². The number of thiocarbonyl (C=S) groups is 1. The number of hydroxylamine groups is 2. The minimum Gasteiger partial charge on any atom is -0.762 e. The molecular formula is C15H27N4O2S2-. The highest BCUT2D eigenvalue weighted by atomic mass is 32.2. The molecule has 132 valence electrons. The van der Waals surface area contributed by atoms with Crippen LogP contribution in [0, 0.1) is 5.21 Å². The fourth-order valence-corrected chi connectivity index (χ4v) is 5.61. The van der Waals surface area contributed by atoms with E-state index in [1.54, 1.807) is 0 Å². The van der Waals surface area contributed by atoms with E-state index < -0.39 is 0 Å². The van der Waals surface area contributed by atoms with Crippen LogP contribution < -0.4 is 5.32 Å². The van der Waals surface area contributed by atoms with Gasteiger partial charge in [0.25, 0.3) is 0 Å². The van der Waals surface area contributed by atoms with Crippen molar-refractivity contribution >= 4 is 29.3 Å². The normalized spacial score (nSPS) is 33.7. The van der Waals surface area contributed by atoms with E-state index in [0.717, 1.165) is 30.8 Å². The highest BCUT2D eigenvalue weighted by molar-refractivity contribution is 7.99. The number of nitrogens with one attached hydrogen (secondary N) is 1. The first-order valence-corrected chi connectivity index (χ1v) is 9.95. The van der Waals surface area contributed by atoms with Gasteiger partial charge in [0.1, 0.15) is 5.50 Å². The fraction of sp³-hybridized carbons (Fsp3) is 0.933. The van der Waals surface area contributed by atoms with Crippen molar-refractivity contribution in [2.24, 2.45) is 0 Å². The van der Waals surface area contributed by atoms with Gasteiger partial charge in [0.2, 0.25) is 0 Å². The van der Waals surface area contributed by atoms with Gasteiger partial charge < -0.3 is 15.3 Å². The van der Waals surface area contributed by atoms with Gasteiger partial charge in [-0.25, -0.2) is 0 Å². The smallest absolute Gasteiger partial charge is 0.183 e. The summed E-state index contributed by atoms with van der Waals surface area (Å²) in [6, 6.07) is 0.733. The van der Waals surface area contributed by atoms with Crippen LogP contribution in [0.25, 0.3) is 0 Å². The lowest BCUT2D eigenvalue weighted by Gasteiger charge is -2.37. The average Bonchev–Trinajstić information content (AvgIpc) is 2.85. The predicted molar refractivity (Wildman–Crippen MR) is 96.6 cm³/mol. The molecule has 0 aromatic heterocycles. The highest BCUT2D eigenvalue weighted by Crippen LogP contribution is 2.36. The molecule has 6 nitrogen and oxygen atoms in total. The van der Waals surface area contributed by atoms with Crippen LogP contribution in [0.4, 0.5) is 0 Å². The minimum atomic E-state index is -0.234. The summed E-state index contributed by atoms with van der Waals surface area (Å²) in [6.45, 7) is 0. The first-order chi connectivity index (χ1) is 11.1. The van der Waals surface area contributed by atoms with Gasteiger partial charge in [-0.15, -0.1) is 0 Å². The van der Waals surface area contributed by atoms with E-state index in [9.17, 15) is 5.21 Å². The zero-order valence-corrected chi connectivity index (χ0v) is 15.3. The molecule has 0 aromatic rings. The summed E-state index contributed by atoms with van der Waals surface area (Å²) in [4.78, 5) is 2.16. The summed E-state index contributed by atoms with van der Waals surface area (Å²) in [5.41, 5.74) is 0.184. The average molecular weight is 360 g/mol. The quantitative estimate of drug-likeness (QED) is 0.451. The molecule has 3 aliphatic rings. The largest absolute Gasteiger partial charge is 0.762 e.